The van der Waals surface area contributed by atoms with Gasteiger partial charge in [0.1, 0.15) is 0 Å². The molecule has 146 valence electrons. The Morgan fingerprint density at radius 3 is 2.07 bits per heavy atom. The molecule has 0 aliphatic rings. The molecule has 27 heavy (non-hydrogen) atoms. The third-order valence-electron chi connectivity index (χ3n) is 3.32. The van der Waals surface area contributed by atoms with Crippen molar-refractivity contribution in [2.45, 2.75) is 37.4 Å². The van der Waals surface area contributed by atoms with E-state index in [1.165, 1.54) is 36.4 Å². The molecule has 2 aromatic carbocycles. The first-order chi connectivity index (χ1) is 12.3. The zero-order valence-electron chi connectivity index (χ0n) is 14.9. The average Bonchev–Trinajstić information content (AvgIpc) is 2.52. The summed E-state index contributed by atoms with van der Waals surface area (Å²) in [6.07, 6.45) is -4.52. The van der Waals surface area contributed by atoms with Crippen molar-refractivity contribution in [3.63, 3.8) is 0 Å². The van der Waals surface area contributed by atoms with Crippen LogP contribution in [0.4, 0.5) is 18.9 Å². The van der Waals surface area contributed by atoms with Crippen LogP contribution in [0.25, 0.3) is 0 Å². The van der Waals surface area contributed by atoms with E-state index in [0.717, 1.165) is 12.1 Å². The maximum absolute atomic E-state index is 12.7. The van der Waals surface area contributed by atoms with E-state index in [4.69, 9.17) is 0 Å². The highest BCUT2D eigenvalue weighted by Crippen LogP contribution is 2.30. The van der Waals surface area contributed by atoms with Gasteiger partial charge in [-0.2, -0.15) is 13.2 Å². The van der Waals surface area contributed by atoms with Gasteiger partial charge in [-0.05, 0) is 63.2 Å². The monoisotopic (exact) mass is 400 g/mol. The van der Waals surface area contributed by atoms with Crippen LogP contribution in [0.1, 0.15) is 36.7 Å². The number of benzene rings is 2. The van der Waals surface area contributed by atoms with Crippen molar-refractivity contribution < 1.29 is 26.4 Å². The van der Waals surface area contributed by atoms with Crippen LogP contribution in [-0.2, 0) is 16.2 Å². The van der Waals surface area contributed by atoms with Crippen molar-refractivity contribution in [3.8, 4) is 0 Å². The molecule has 0 aliphatic carbocycles. The molecular formula is C18H19F3N2O3S. The molecule has 2 rings (SSSR count). The highest BCUT2D eigenvalue weighted by molar-refractivity contribution is 7.89. The highest BCUT2D eigenvalue weighted by Gasteiger charge is 2.30. The maximum atomic E-state index is 12.7. The minimum atomic E-state index is -4.52. The quantitative estimate of drug-likeness (QED) is 0.814. The van der Waals surface area contributed by atoms with Gasteiger partial charge >= 0.3 is 6.18 Å². The van der Waals surface area contributed by atoms with Gasteiger partial charge in [0, 0.05) is 16.8 Å². The molecule has 0 saturated carbocycles. The number of anilines is 1. The Kier molecular flexibility index (Phi) is 5.67. The van der Waals surface area contributed by atoms with E-state index in [1.807, 2.05) is 0 Å². The first kappa shape index (κ1) is 20.9. The SMILES string of the molecule is CC(C)(C)NS(=O)(=O)c1ccc(C(=O)Nc2cccc(C(F)(F)F)c2)cc1. The predicted molar refractivity (Wildman–Crippen MR) is 95.9 cm³/mol. The summed E-state index contributed by atoms with van der Waals surface area (Å²) in [5, 5.41) is 2.36. The summed E-state index contributed by atoms with van der Waals surface area (Å²) in [6.45, 7) is 5.09. The maximum Gasteiger partial charge on any atom is 0.416 e. The molecular weight excluding hydrogens is 381 g/mol. The fraction of sp³-hybridized carbons (Fsp3) is 0.278. The topological polar surface area (TPSA) is 75.3 Å². The van der Waals surface area contributed by atoms with Crippen molar-refractivity contribution in [3.05, 3.63) is 59.7 Å². The normalized spacial score (nSPS) is 12.7. The molecule has 0 unspecified atom stereocenters. The summed E-state index contributed by atoms with van der Waals surface area (Å²) >= 11 is 0. The van der Waals surface area contributed by atoms with E-state index < -0.39 is 33.2 Å². The van der Waals surface area contributed by atoms with Gasteiger partial charge < -0.3 is 5.32 Å². The third-order valence-corrected chi connectivity index (χ3v) is 5.09. The second-order valence-corrected chi connectivity index (χ2v) is 8.59. The molecule has 0 saturated heterocycles. The van der Waals surface area contributed by atoms with Gasteiger partial charge in [0.15, 0.2) is 0 Å². The number of hydrogen-bond donors (Lipinski definition) is 2. The first-order valence-corrected chi connectivity index (χ1v) is 9.39. The molecule has 0 radical (unpaired) electrons. The Morgan fingerprint density at radius 1 is 0.963 bits per heavy atom. The predicted octanol–water partition coefficient (Wildman–Crippen LogP) is 4.03. The molecule has 0 aromatic heterocycles. The molecule has 0 fully saturated rings. The number of carbonyl (C=O) groups excluding carboxylic acids is 1. The van der Waals surface area contributed by atoms with Gasteiger partial charge in [-0.3, -0.25) is 4.79 Å². The average molecular weight is 400 g/mol. The van der Waals surface area contributed by atoms with Crippen LogP contribution in [0.3, 0.4) is 0 Å². The van der Waals surface area contributed by atoms with Gasteiger partial charge in [-0.15, -0.1) is 0 Å². The number of halogens is 3. The number of nitrogens with one attached hydrogen (secondary N) is 2. The Morgan fingerprint density at radius 2 is 1.56 bits per heavy atom. The van der Waals surface area contributed by atoms with Gasteiger partial charge in [-0.25, -0.2) is 13.1 Å². The van der Waals surface area contributed by atoms with E-state index in [1.54, 1.807) is 20.8 Å². The second-order valence-electron chi connectivity index (χ2n) is 6.91. The second kappa shape index (κ2) is 7.32. The van der Waals surface area contributed by atoms with Crippen molar-refractivity contribution in [2.24, 2.45) is 0 Å². The molecule has 5 nitrogen and oxygen atoms in total. The van der Waals surface area contributed by atoms with Crippen LogP contribution >= 0.6 is 0 Å². The molecule has 0 heterocycles. The van der Waals surface area contributed by atoms with E-state index in [-0.39, 0.29) is 16.1 Å². The Balaban J connectivity index is 2.17. The Labute approximate surface area is 155 Å². The number of sulfonamides is 1. The zero-order valence-corrected chi connectivity index (χ0v) is 15.7. The van der Waals surface area contributed by atoms with Gasteiger partial charge in [0.05, 0.1) is 10.5 Å². The van der Waals surface area contributed by atoms with E-state index in [9.17, 15) is 26.4 Å². The zero-order chi connectivity index (χ0) is 20.5. The van der Waals surface area contributed by atoms with Crippen LogP contribution < -0.4 is 10.0 Å². The summed E-state index contributed by atoms with van der Waals surface area (Å²) < 4.78 is 65.1. The van der Waals surface area contributed by atoms with Crippen molar-refractivity contribution in [1.29, 1.82) is 0 Å². The summed E-state index contributed by atoms with van der Waals surface area (Å²) in [5.41, 5.74) is -1.45. The number of rotatable bonds is 4. The first-order valence-electron chi connectivity index (χ1n) is 7.91. The minimum absolute atomic E-state index is 0.0130. The summed E-state index contributed by atoms with van der Waals surface area (Å²) in [7, 11) is -3.75. The van der Waals surface area contributed by atoms with E-state index >= 15 is 0 Å². The molecule has 2 N–H and O–H groups in total. The fourth-order valence-corrected chi connectivity index (χ4v) is 3.64. The lowest BCUT2D eigenvalue weighted by atomic mass is 10.1. The number of carbonyl (C=O) groups is 1. The third kappa shape index (κ3) is 5.80. The standard InChI is InChI=1S/C18H19F3N2O3S/c1-17(2,3)23-27(25,26)15-9-7-12(8-10-15)16(24)22-14-6-4-5-13(11-14)18(19,20)21/h4-11,23H,1-3H3,(H,22,24). The van der Waals surface area contributed by atoms with Crippen molar-refractivity contribution in [2.75, 3.05) is 5.32 Å². The molecule has 1 amide bonds. The number of amides is 1. The smallest absolute Gasteiger partial charge is 0.322 e. The molecule has 0 spiro atoms. The lowest BCUT2D eigenvalue weighted by molar-refractivity contribution is -0.137. The van der Waals surface area contributed by atoms with Crippen LogP contribution in [0.2, 0.25) is 0 Å². The van der Waals surface area contributed by atoms with Gasteiger partial charge in [0.2, 0.25) is 10.0 Å². The van der Waals surface area contributed by atoms with Crippen molar-refractivity contribution >= 4 is 21.6 Å². The Bertz CT molecular complexity index is 932. The molecule has 2 aromatic rings. The highest BCUT2D eigenvalue weighted by atomic mass is 32.2. The molecule has 9 heteroatoms. The van der Waals surface area contributed by atoms with Gasteiger partial charge in [-0.1, -0.05) is 6.07 Å². The van der Waals surface area contributed by atoms with Crippen LogP contribution in [-0.4, -0.2) is 19.9 Å². The summed E-state index contributed by atoms with van der Waals surface area (Å²) in [4.78, 5) is 12.2. The molecule has 0 bridgehead atoms. The lowest BCUT2D eigenvalue weighted by Gasteiger charge is -2.20. The van der Waals surface area contributed by atoms with Gasteiger partial charge in [0.25, 0.3) is 5.91 Å². The number of hydrogen-bond acceptors (Lipinski definition) is 3. The summed E-state index contributed by atoms with van der Waals surface area (Å²) in [5.74, 6) is -0.651. The molecule has 0 atom stereocenters. The van der Waals surface area contributed by atoms with Crippen LogP contribution in [0, 0.1) is 0 Å². The van der Waals surface area contributed by atoms with Crippen LogP contribution in [0.15, 0.2) is 53.4 Å². The molecule has 0 aliphatic heterocycles. The number of alkyl halides is 3. The Hall–Kier alpha value is -2.39. The minimum Gasteiger partial charge on any atom is -0.322 e. The summed E-state index contributed by atoms with van der Waals surface area (Å²) in [6, 6.07) is 9.34. The largest absolute Gasteiger partial charge is 0.416 e. The lowest BCUT2D eigenvalue weighted by Crippen LogP contribution is -2.40. The van der Waals surface area contributed by atoms with E-state index in [2.05, 4.69) is 10.0 Å². The van der Waals surface area contributed by atoms with Crippen molar-refractivity contribution in [1.82, 2.24) is 4.72 Å². The van der Waals surface area contributed by atoms with Crippen LogP contribution in [0.5, 0.6) is 0 Å². The van der Waals surface area contributed by atoms with E-state index in [0.29, 0.717) is 0 Å². The fourth-order valence-electron chi connectivity index (χ4n) is 2.22.